The van der Waals surface area contributed by atoms with Crippen molar-refractivity contribution in [1.29, 1.82) is 0 Å². The first-order valence-electron chi connectivity index (χ1n) is 10.0. The zero-order valence-electron chi connectivity index (χ0n) is 16.6. The molecule has 2 atom stereocenters. The summed E-state index contributed by atoms with van der Waals surface area (Å²) < 4.78 is 10.8. The second-order valence-corrected chi connectivity index (χ2v) is 7.18. The van der Waals surface area contributed by atoms with Gasteiger partial charge >= 0.3 is 23.6 Å². The lowest BCUT2D eigenvalue weighted by Gasteiger charge is -2.12. The molecule has 2 heterocycles. The molecule has 2 fully saturated rings. The molecule has 0 radical (unpaired) electrons. The van der Waals surface area contributed by atoms with Gasteiger partial charge in [0.1, 0.15) is 0 Å². The maximum absolute atomic E-state index is 12.0. The highest BCUT2D eigenvalue weighted by Gasteiger charge is 2.21. The molecule has 10 heteroatoms. The Morgan fingerprint density at radius 3 is 1.63 bits per heavy atom. The number of amides is 4. The summed E-state index contributed by atoms with van der Waals surface area (Å²) in [5, 5.41) is 9.99. The van der Waals surface area contributed by atoms with Crippen molar-refractivity contribution < 1.29 is 28.7 Å². The molecule has 0 spiro atoms. The number of benzene rings is 1. The molecular weight excluding hydrogens is 392 g/mol. The molecule has 2 aliphatic rings. The fourth-order valence-corrected chi connectivity index (χ4v) is 3.23. The lowest BCUT2D eigenvalue weighted by atomic mass is 10.2. The van der Waals surface area contributed by atoms with Crippen molar-refractivity contribution in [3.05, 3.63) is 24.3 Å². The van der Waals surface area contributed by atoms with Gasteiger partial charge < -0.3 is 30.7 Å². The van der Waals surface area contributed by atoms with E-state index in [4.69, 9.17) is 9.47 Å². The molecule has 4 amide bonds. The van der Waals surface area contributed by atoms with Crippen LogP contribution in [0.25, 0.3) is 0 Å². The SMILES string of the molecule is O=C(NC[C@H]1CCCO1)C(=O)Nc1cccc(NC(=O)C(=O)NC[C@H]2CCCO2)c1. The van der Waals surface area contributed by atoms with E-state index in [-0.39, 0.29) is 25.3 Å². The molecule has 3 rings (SSSR count). The van der Waals surface area contributed by atoms with Crippen molar-refractivity contribution in [2.75, 3.05) is 36.9 Å². The van der Waals surface area contributed by atoms with Crippen LogP contribution in [0, 0.1) is 0 Å². The van der Waals surface area contributed by atoms with Gasteiger partial charge in [-0.05, 0) is 43.9 Å². The van der Waals surface area contributed by atoms with Gasteiger partial charge in [0.15, 0.2) is 0 Å². The minimum Gasteiger partial charge on any atom is -0.376 e. The van der Waals surface area contributed by atoms with Crippen molar-refractivity contribution in [2.24, 2.45) is 0 Å². The summed E-state index contributed by atoms with van der Waals surface area (Å²) >= 11 is 0. The summed E-state index contributed by atoms with van der Waals surface area (Å²) in [5.41, 5.74) is 0.620. The number of anilines is 2. The van der Waals surface area contributed by atoms with Crippen LogP contribution in [0.3, 0.4) is 0 Å². The van der Waals surface area contributed by atoms with Crippen molar-refractivity contribution >= 4 is 35.0 Å². The van der Waals surface area contributed by atoms with E-state index in [0.29, 0.717) is 24.6 Å². The molecule has 0 bridgehead atoms. The van der Waals surface area contributed by atoms with Crippen molar-refractivity contribution in [1.82, 2.24) is 10.6 Å². The number of rotatable bonds is 6. The van der Waals surface area contributed by atoms with Crippen LogP contribution in [0.2, 0.25) is 0 Å². The van der Waals surface area contributed by atoms with E-state index in [1.807, 2.05) is 0 Å². The minimum absolute atomic E-state index is 0.0633. The molecular formula is C20H26N4O6. The van der Waals surface area contributed by atoms with Gasteiger partial charge in [-0.2, -0.15) is 0 Å². The summed E-state index contributed by atoms with van der Waals surface area (Å²) in [6.45, 7) is 1.89. The molecule has 2 saturated heterocycles. The molecule has 0 aliphatic carbocycles. The monoisotopic (exact) mass is 418 g/mol. The number of hydrogen-bond donors (Lipinski definition) is 4. The minimum atomic E-state index is -0.828. The van der Waals surface area contributed by atoms with Crippen LogP contribution in [-0.2, 0) is 28.7 Å². The average molecular weight is 418 g/mol. The first kappa shape index (κ1) is 21.7. The Morgan fingerprint density at radius 2 is 1.23 bits per heavy atom. The first-order valence-corrected chi connectivity index (χ1v) is 10.0. The molecule has 10 nitrogen and oxygen atoms in total. The van der Waals surface area contributed by atoms with E-state index in [1.54, 1.807) is 18.2 Å². The predicted molar refractivity (Wildman–Crippen MR) is 108 cm³/mol. The van der Waals surface area contributed by atoms with Crippen LogP contribution < -0.4 is 21.3 Å². The smallest absolute Gasteiger partial charge is 0.313 e. The van der Waals surface area contributed by atoms with Crippen molar-refractivity contribution in [2.45, 2.75) is 37.9 Å². The number of nitrogens with one attached hydrogen (secondary N) is 4. The van der Waals surface area contributed by atoms with Crippen LogP contribution in [0.1, 0.15) is 25.7 Å². The van der Waals surface area contributed by atoms with Gasteiger partial charge in [0.05, 0.1) is 12.2 Å². The standard InChI is InChI=1S/C20H26N4O6/c25-17(21-11-15-6-2-8-29-15)19(27)23-13-4-1-5-14(10-13)24-20(28)18(26)22-12-16-7-3-9-30-16/h1,4-5,10,15-16H,2-3,6-9,11-12H2,(H,21,25)(H,22,26)(H,23,27)(H,24,28)/t15-,16-/m1/s1. The molecule has 0 saturated carbocycles. The van der Waals surface area contributed by atoms with E-state index in [2.05, 4.69) is 21.3 Å². The summed E-state index contributed by atoms with van der Waals surface area (Å²) in [7, 11) is 0. The fraction of sp³-hybridized carbons (Fsp3) is 0.500. The fourth-order valence-electron chi connectivity index (χ4n) is 3.23. The van der Waals surface area contributed by atoms with Crippen LogP contribution in [0.15, 0.2) is 24.3 Å². The van der Waals surface area contributed by atoms with Crippen LogP contribution >= 0.6 is 0 Å². The molecule has 0 aromatic heterocycles. The Balaban J connectivity index is 1.44. The molecule has 162 valence electrons. The van der Waals surface area contributed by atoms with E-state index in [0.717, 1.165) is 25.7 Å². The van der Waals surface area contributed by atoms with Gasteiger partial charge in [-0.1, -0.05) is 6.07 Å². The highest BCUT2D eigenvalue weighted by atomic mass is 16.5. The lowest BCUT2D eigenvalue weighted by Crippen LogP contribution is -2.39. The van der Waals surface area contributed by atoms with Crippen LogP contribution in [0.5, 0.6) is 0 Å². The third-order valence-corrected chi connectivity index (χ3v) is 4.82. The van der Waals surface area contributed by atoms with Gasteiger partial charge in [-0.3, -0.25) is 19.2 Å². The molecule has 0 unspecified atom stereocenters. The van der Waals surface area contributed by atoms with E-state index >= 15 is 0 Å². The zero-order valence-corrected chi connectivity index (χ0v) is 16.6. The molecule has 4 N–H and O–H groups in total. The largest absolute Gasteiger partial charge is 0.376 e. The zero-order chi connectivity index (χ0) is 21.3. The van der Waals surface area contributed by atoms with Gasteiger partial charge in [0, 0.05) is 37.7 Å². The highest BCUT2D eigenvalue weighted by molar-refractivity contribution is 6.40. The topological polar surface area (TPSA) is 135 Å². The normalized spacial score (nSPS) is 20.4. The average Bonchev–Trinajstić information content (AvgIpc) is 3.44. The highest BCUT2D eigenvalue weighted by Crippen LogP contribution is 2.15. The Hall–Kier alpha value is -2.98. The summed E-state index contributed by atoms with van der Waals surface area (Å²) in [6, 6.07) is 6.17. The number of carbonyl (C=O) groups is 4. The first-order chi connectivity index (χ1) is 14.5. The second-order valence-electron chi connectivity index (χ2n) is 7.18. The van der Waals surface area contributed by atoms with Gasteiger partial charge in [0.2, 0.25) is 0 Å². The van der Waals surface area contributed by atoms with Crippen molar-refractivity contribution in [3.8, 4) is 0 Å². The lowest BCUT2D eigenvalue weighted by molar-refractivity contribution is -0.136. The summed E-state index contributed by atoms with van der Waals surface area (Å²) in [6.07, 6.45) is 3.46. The third-order valence-electron chi connectivity index (χ3n) is 4.82. The number of carbonyl (C=O) groups excluding carboxylic acids is 4. The Kier molecular flexibility index (Phi) is 7.75. The Bertz CT molecular complexity index is 726. The summed E-state index contributed by atoms with van der Waals surface area (Å²) in [5.74, 6) is -3.20. The molecule has 2 aliphatic heterocycles. The van der Waals surface area contributed by atoms with Crippen LogP contribution in [-0.4, -0.2) is 62.1 Å². The summed E-state index contributed by atoms with van der Waals surface area (Å²) in [4.78, 5) is 47.9. The Morgan fingerprint density at radius 1 is 0.767 bits per heavy atom. The molecule has 30 heavy (non-hydrogen) atoms. The second kappa shape index (κ2) is 10.7. The molecule has 1 aromatic rings. The maximum atomic E-state index is 12.0. The van der Waals surface area contributed by atoms with Gasteiger partial charge in [-0.25, -0.2) is 0 Å². The number of ether oxygens (including phenoxy) is 2. The van der Waals surface area contributed by atoms with E-state index in [9.17, 15) is 19.2 Å². The van der Waals surface area contributed by atoms with E-state index in [1.165, 1.54) is 6.07 Å². The van der Waals surface area contributed by atoms with E-state index < -0.39 is 23.6 Å². The Labute approximate surface area is 174 Å². The van der Waals surface area contributed by atoms with Gasteiger partial charge in [0.25, 0.3) is 0 Å². The molecule has 1 aromatic carbocycles. The third kappa shape index (κ3) is 6.53. The quantitative estimate of drug-likeness (QED) is 0.486. The van der Waals surface area contributed by atoms with Crippen LogP contribution in [0.4, 0.5) is 11.4 Å². The predicted octanol–water partition coefficient (Wildman–Crippen LogP) is 0.154. The number of hydrogen-bond acceptors (Lipinski definition) is 6. The van der Waals surface area contributed by atoms with Crippen molar-refractivity contribution in [3.63, 3.8) is 0 Å². The maximum Gasteiger partial charge on any atom is 0.313 e. The van der Waals surface area contributed by atoms with Gasteiger partial charge in [-0.15, -0.1) is 0 Å².